The Morgan fingerprint density at radius 2 is 1.53 bits per heavy atom. The van der Waals surface area contributed by atoms with Crippen molar-refractivity contribution in [2.24, 2.45) is 21.8 Å². The Bertz CT molecular complexity index is 985. The van der Waals surface area contributed by atoms with E-state index in [0.29, 0.717) is 16.9 Å². The van der Waals surface area contributed by atoms with E-state index in [-0.39, 0.29) is 23.6 Å². The van der Waals surface area contributed by atoms with Crippen LogP contribution >= 0.6 is 0 Å². The van der Waals surface area contributed by atoms with E-state index in [0.717, 1.165) is 6.21 Å². The predicted octanol–water partition coefficient (Wildman–Crippen LogP) is 2.57. The minimum absolute atomic E-state index is 0.0987. The molecule has 0 aliphatic rings. The highest BCUT2D eigenvalue weighted by Crippen LogP contribution is 2.15. The van der Waals surface area contributed by atoms with Crippen molar-refractivity contribution in [1.82, 2.24) is 5.32 Å². The number of nitrogens with one attached hydrogen (secondary N) is 4. The third kappa shape index (κ3) is 7.44. The van der Waals surface area contributed by atoms with E-state index < -0.39 is 17.9 Å². The summed E-state index contributed by atoms with van der Waals surface area (Å²) in [6.07, 6.45) is 0.760. The van der Waals surface area contributed by atoms with Crippen LogP contribution in [0.2, 0.25) is 0 Å². The average Bonchev–Trinajstić information content (AvgIpc) is 2.83. The van der Waals surface area contributed by atoms with Gasteiger partial charge in [-0.1, -0.05) is 13.8 Å². The third-order valence-electron chi connectivity index (χ3n) is 4.06. The number of amides is 3. The second-order valence-electron chi connectivity index (χ2n) is 6.09. The Hall–Kier alpha value is -4.41. The largest absolute Gasteiger partial charge is 0.368 e. The number of hydrogen-bond donors (Lipinski definition) is 6. The molecule has 11 nitrogen and oxygen atoms in total. The number of carbonyl (C=O) groups is 3. The second-order valence-corrected chi connectivity index (χ2v) is 6.09. The summed E-state index contributed by atoms with van der Waals surface area (Å²) in [6.45, 7) is 4.00. The van der Waals surface area contributed by atoms with Crippen LogP contribution in [0.1, 0.15) is 41.0 Å². The zero-order valence-electron chi connectivity index (χ0n) is 17.8. The van der Waals surface area contributed by atoms with Crippen molar-refractivity contribution < 1.29 is 14.4 Å². The molecule has 1 atom stereocenters. The van der Waals surface area contributed by atoms with Gasteiger partial charge in [0.2, 0.25) is 5.91 Å². The molecule has 2 aromatic rings. The van der Waals surface area contributed by atoms with Gasteiger partial charge in [0.15, 0.2) is 0 Å². The van der Waals surface area contributed by atoms with Crippen LogP contribution in [-0.2, 0) is 4.79 Å². The van der Waals surface area contributed by atoms with Crippen LogP contribution in [0.15, 0.2) is 58.7 Å². The molecule has 2 aromatic carbocycles. The Morgan fingerprint density at radius 1 is 1.00 bits per heavy atom. The lowest BCUT2D eigenvalue weighted by atomic mass is 10.1. The number of nitrogens with two attached hydrogens (primary N) is 2. The van der Waals surface area contributed by atoms with E-state index >= 15 is 0 Å². The molecule has 0 radical (unpaired) electrons. The molecule has 8 N–H and O–H groups in total. The standard InChI is InChI=1S/C19H20N8O3.C2H6/c20-10-15(27-23)9-16(17(21)28)25-19(30)12-1-5-13(6-2-12)24-18(29)11-3-7-14(26-22)8-4-11;1-2/h1-8,10,16,20,22H,9,23H2,(H2,21,28)(H,24,29)(H,25,30);1-2H3/b20-10?,26-22?,27-15-;. The lowest BCUT2D eigenvalue weighted by Crippen LogP contribution is -2.45. The summed E-state index contributed by atoms with van der Waals surface area (Å²) in [5, 5.41) is 18.9. The number of benzene rings is 2. The molecule has 1 unspecified atom stereocenters. The number of nitrogens with zero attached hydrogens (tertiary/aromatic N) is 2. The van der Waals surface area contributed by atoms with Gasteiger partial charge in [0.25, 0.3) is 11.8 Å². The maximum absolute atomic E-state index is 12.4. The fourth-order valence-corrected chi connectivity index (χ4v) is 2.42. The van der Waals surface area contributed by atoms with Gasteiger partial charge in [-0.3, -0.25) is 14.4 Å². The van der Waals surface area contributed by atoms with E-state index in [1.54, 1.807) is 24.3 Å². The summed E-state index contributed by atoms with van der Waals surface area (Å²) in [4.78, 5) is 36.2. The monoisotopic (exact) mass is 438 g/mol. The van der Waals surface area contributed by atoms with Gasteiger partial charge in [-0.2, -0.15) is 10.2 Å². The van der Waals surface area contributed by atoms with E-state index in [4.69, 9.17) is 22.5 Å². The number of carbonyl (C=O) groups excluding carboxylic acids is 3. The Morgan fingerprint density at radius 3 is 2.00 bits per heavy atom. The lowest BCUT2D eigenvalue weighted by molar-refractivity contribution is -0.119. The number of hydrogen-bond acceptors (Lipinski definition) is 8. The van der Waals surface area contributed by atoms with Gasteiger partial charge in [0.1, 0.15) is 6.04 Å². The second kappa shape index (κ2) is 13.0. The van der Waals surface area contributed by atoms with Crippen molar-refractivity contribution in [3.8, 4) is 0 Å². The summed E-state index contributed by atoms with van der Waals surface area (Å²) in [5.41, 5.74) is 13.8. The molecule has 2 rings (SSSR count). The molecule has 32 heavy (non-hydrogen) atoms. The van der Waals surface area contributed by atoms with E-state index in [2.05, 4.69) is 20.8 Å². The summed E-state index contributed by atoms with van der Waals surface area (Å²) < 4.78 is 0. The van der Waals surface area contributed by atoms with Crippen LogP contribution in [0.4, 0.5) is 11.4 Å². The topological polar surface area (TPSA) is 200 Å². The summed E-state index contributed by atoms with van der Waals surface area (Å²) in [7, 11) is 0. The first-order valence-corrected chi connectivity index (χ1v) is 9.64. The molecular weight excluding hydrogens is 412 g/mol. The van der Waals surface area contributed by atoms with Crippen LogP contribution in [-0.4, -0.2) is 35.7 Å². The molecule has 0 aromatic heterocycles. The molecule has 0 aliphatic heterocycles. The van der Waals surface area contributed by atoms with Gasteiger partial charge in [0.05, 0.1) is 11.4 Å². The van der Waals surface area contributed by atoms with Crippen molar-refractivity contribution in [3.05, 3.63) is 59.7 Å². The van der Waals surface area contributed by atoms with Gasteiger partial charge in [-0.05, 0) is 48.5 Å². The fourth-order valence-electron chi connectivity index (χ4n) is 2.42. The van der Waals surface area contributed by atoms with Crippen molar-refractivity contribution >= 4 is 41.0 Å². The number of primary amides is 1. The van der Waals surface area contributed by atoms with Gasteiger partial charge >= 0.3 is 0 Å². The highest BCUT2D eigenvalue weighted by Gasteiger charge is 2.20. The SMILES string of the molecule is CC.N=C/C(CC(NC(=O)c1ccc(NC(=O)c2ccc(N=N)cc2)cc1)C(N)=O)=N\N. The Labute approximate surface area is 185 Å². The zero-order chi connectivity index (χ0) is 24.1. The molecule has 0 saturated heterocycles. The van der Waals surface area contributed by atoms with E-state index in [9.17, 15) is 14.4 Å². The molecule has 168 valence electrons. The quantitative estimate of drug-likeness (QED) is 0.151. The first kappa shape index (κ1) is 25.6. The molecule has 3 amide bonds. The minimum Gasteiger partial charge on any atom is -0.368 e. The Kier molecular flexibility index (Phi) is 10.4. The van der Waals surface area contributed by atoms with Crippen molar-refractivity contribution in [3.63, 3.8) is 0 Å². The molecule has 0 fully saturated rings. The number of anilines is 1. The van der Waals surface area contributed by atoms with Crippen LogP contribution in [0.5, 0.6) is 0 Å². The van der Waals surface area contributed by atoms with Crippen LogP contribution in [0.25, 0.3) is 0 Å². The van der Waals surface area contributed by atoms with Gasteiger partial charge < -0.3 is 27.6 Å². The normalized spacial score (nSPS) is 11.2. The lowest BCUT2D eigenvalue weighted by Gasteiger charge is -2.15. The molecule has 11 heteroatoms. The first-order valence-electron chi connectivity index (χ1n) is 9.64. The molecule has 0 spiro atoms. The predicted molar refractivity (Wildman–Crippen MR) is 122 cm³/mol. The van der Waals surface area contributed by atoms with Crippen LogP contribution in [0.3, 0.4) is 0 Å². The van der Waals surface area contributed by atoms with E-state index in [1.165, 1.54) is 24.3 Å². The highest BCUT2D eigenvalue weighted by molar-refractivity contribution is 6.30. The van der Waals surface area contributed by atoms with Crippen LogP contribution < -0.4 is 22.2 Å². The smallest absolute Gasteiger partial charge is 0.255 e. The number of rotatable bonds is 9. The van der Waals surface area contributed by atoms with Gasteiger partial charge in [-0.25, -0.2) is 5.53 Å². The van der Waals surface area contributed by atoms with Gasteiger partial charge in [0, 0.05) is 29.4 Å². The molecule has 0 saturated carbocycles. The maximum atomic E-state index is 12.4. The van der Waals surface area contributed by atoms with Crippen molar-refractivity contribution in [1.29, 1.82) is 10.9 Å². The average molecular weight is 438 g/mol. The first-order chi connectivity index (χ1) is 15.4. The summed E-state index contributed by atoms with van der Waals surface area (Å²) in [6, 6.07) is 11.1. The zero-order valence-corrected chi connectivity index (χ0v) is 17.8. The van der Waals surface area contributed by atoms with Gasteiger partial charge in [-0.15, -0.1) is 0 Å². The Balaban J connectivity index is 0.00000249. The van der Waals surface area contributed by atoms with Crippen LogP contribution in [0, 0.1) is 10.9 Å². The molecular formula is C21H26N8O3. The third-order valence-corrected chi connectivity index (χ3v) is 4.06. The maximum Gasteiger partial charge on any atom is 0.255 e. The summed E-state index contributed by atoms with van der Waals surface area (Å²) >= 11 is 0. The molecule has 0 bridgehead atoms. The van der Waals surface area contributed by atoms with Crippen molar-refractivity contribution in [2.45, 2.75) is 26.3 Å². The fraction of sp³-hybridized carbons (Fsp3) is 0.190. The van der Waals surface area contributed by atoms with E-state index in [1.807, 2.05) is 13.8 Å². The molecule has 0 heterocycles. The number of hydrazone groups is 1. The van der Waals surface area contributed by atoms with Crippen molar-refractivity contribution in [2.75, 3.05) is 5.32 Å². The summed E-state index contributed by atoms with van der Waals surface area (Å²) in [5.74, 6) is 3.39. The highest BCUT2D eigenvalue weighted by atomic mass is 16.2. The minimum atomic E-state index is -1.08. The molecule has 0 aliphatic carbocycles.